The van der Waals surface area contributed by atoms with Crippen molar-refractivity contribution in [2.75, 3.05) is 0 Å². The largest absolute Gasteiger partial charge is 0.333 e. The van der Waals surface area contributed by atoms with E-state index in [2.05, 4.69) is 41.2 Å². The van der Waals surface area contributed by atoms with Crippen molar-refractivity contribution in [3.63, 3.8) is 0 Å². The van der Waals surface area contributed by atoms with Gasteiger partial charge in [-0.05, 0) is 41.8 Å². The van der Waals surface area contributed by atoms with E-state index >= 15 is 0 Å². The zero-order valence-corrected chi connectivity index (χ0v) is 12.6. The summed E-state index contributed by atoms with van der Waals surface area (Å²) in [4.78, 5) is 7.95. The number of rotatable bonds is 4. The standard InChI is InChI=1S/C17H15N3S/c1-2-12-7-8-15-16(9-12)20-17(19-15)21-11-14-5-3-13(10-18)4-6-14/h3-9H,2,11H2,1H3,(H,19,20). The first-order chi connectivity index (χ1) is 10.3. The summed E-state index contributed by atoms with van der Waals surface area (Å²) in [6.07, 6.45) is 1.03. The van der Waals surface area contributed by atoms with Crippen LogP contribution in [0.25, 0.3) is 11.0 Å². The zero-order valence-electron chi connectivity index (χ0n) is 11.8. The van der Waals surface area contributed by atoms with Crippen molar-refractivity contribution in [1.29, 1.82) is 5.26 Å². The van der Waals surface area contributed by atoms with E-state index in [1.54, 1.807) is 11.8 Å². The fourth-order valence-electron chi connectivity index (χ4n) is 2.15. The molecule has 1 N–H and O–H groups in total. The van der Waals surface area contributed by atoms with Crippen LogP contribution in [-0.2, 0) is 12.2 Å². The predicted octanol–water partition coefficient (Wildman–Crippen LogP) is 4.29. The second kappa shape index (κ2) is 6.02. The third kappa shape index (κ3) is 3.09. The summed E-state index contributed by atoms with van der Waals surface area (Å²) in [6, 6.07) is 16.2. The molecular formula is C17H15N3S. The summed E-state index contributed by atoms with van der Waals surface area (Å²) < 4.78 is 0. The molecule has 4 heteroatoms. The summed E-state index contributed by atoms with van der Waals surface area (Å²) in [6.45, 7) is 2.15. The molecule has 0 saturated heterocycles. The molecule has 0 unspecified atom stereocenters. The van der Waals surface area contributed by atoms with Gasteiger partial charge < -0.3 is 4.98 Å². The Bertz CT molecular complexity index is 797. The summed E-state index contributed by atoms with van der Waals surface area (Å²) in [7, 11) is 0. The number of nitriles is 1. The van der Waals surface area contributed by atoms with Crippen LogP contribution in [-0.4, -0.2) is 9.97 Å². The van der Waals surface area contributed by atoms with Gasteiger partial charge in [0.2, 0.25) is 0 Å². The molecule has 1 aromatic heterocycles. The maximum absolute atomic E-state index is 8.79. The van der Waals surface area contributed by atoms with Crippen molar-refractivity contribution >= 4 is 22.8 Å². The van der Waals surface area contributed by atoms with Gasteiger partial charge in [-0.25, -0.2) is 4.98 Å². The number of aromatic amines is 1. The van der Waals surface area contributed by atoms with Gasteiger partial charge >= 0.3 is 0 Å². The lowest BCUT2D eigenvalue weighted by Crippen LogP contribution is -1.82. The molecule has 1 heterocycles. The third-order valence-electron chi connectivity index (χ3n) is 3.39. The van der Waals surface area contributed by atoms with E-state index in [4.69, 9.17) is 5.26 Å². The van der Waals surface area contributed by atoms with Gasteiger partial charge in [0, 0.05) is 5.75 Å². The number of benzene rings is 2. The van der Waals surface area contributed by atoms with Gasteiger partial charge in [-0.3, -0.25) is 0 Å². The Balaban J connectivity index is 1.74. The maximum atomic E-state index is 8.79. The quantitative estimate of drug-likeness (QED) is 0.730. The van der Waals surface area contributed by atoms with Crippen molar-refractivity contribution in [2.45, 2.75) is 24.3 Å². The number of imidazole rings is 1. The fraction of sp³-hybridized carbons (Fsp3) is 0.176. The Kier molecular flexibility index (Phi) is 3.94. The topological polar surface area (TPSA) is 52.5 Å². The SMILES string of the molecule is CCc1ccc2nc(SCc3ccc(C#N)cc3)[nH]c2c1. The molecule has 0 fully saturated rings. The van der Waals surface area contributed by atoms with Crippen LogP contribution in [0.3, 0.4) is 0 Å². The average Bonchev–Trinajstić information content (AvgIpc) is 2.95. The first kappa shape index (κ1) is 13.7. The van der Waals surface area contributed by atoms with Crippen molar-refractivity contribution in [2.24, 2.45) is 0 Å². The highest BCUT2D eigenvalue weighted by Gasteiger charge is 2.04. The number of nitrogens with zero attached hydrogens (tertiary/aromatic N) is 2. The lowest BCUT2D eigenvalue weighted by molar-refractivity contribution is 1.08. The molecule has 0 aliphatic heterocycles. The molecule has 0 amide bonds. The average molecular weight is 293 g/mol. The van der Waals surface area contributed by atoms with Gasteiger partial charge in [0.05, 0.1) is 22.7 Å². The van der Waals surface area contributed by atoms with Crippen molar-refractivity contribution in [1.82, 2.24) is 9.97 Å². The van der Waals surface area contributed by atoms with Crippen molar-refractivity contribution in [3.05, 3.63) is 59.2 Å². The van der Waals surface area contributed by atoms with E-state index in [1.807, 2.05) is 24.3 Å². The third-order valence-corrected chi connectivity index (χ3v) is 4.34. The van der Waals surface area contributed by atoms with E-state index in [1.165, 1.54) is 11.1 Å². The summed E-state index contributed by atoms with van der Waals surface area (Å²) in [5.74, 6) is 0.839. The number of aromatic nitrogens is 2. The second-order valence-corrected chi connectivity index (χ2v) is 5.81. The molecule has 0 atom stereocenters. The number of hydrogen-bond acceptors (Lipinski definition) is 3. The Morgan fingerprint density at radius 1 is 1.14 bits per heavy atom. The molecule has 3 aromatic rings. The summed E-state index contributed by atoms with van der Waals surface area (Å²) in [5, 5.41) is 9.72. The Morgan fingerprint density at radius 2 is 1.90 bits per heavy atom. The van der Waals surface area contributed by atoms with Crippen LogP contribution in [0, 0.1) is 11.3 Å². The molecule has 0 aliphatic rings. The molecule has 2 aromatic carbocycles. The van der Waals surface area contributed by atoms with Gasteiger partial charge in [0.1, 0.15) is 0 Å². The van der Waals surface area contributed by atoms with Crippen molar-refractivity contribution in [3.8, 4) is 6.07 Å². The van der Waals surface area contributed by atoms with E-state index in [0.717, 1.165) is 28.4 Å². The molecule has 0 spiro atoms. The Hall–Kier alpha value is -2.25. The molecule has 0 radical (unpaired) electrons. The number of thioether (sulfide) groups is 1. The molecule has 0 bridgehead atoms. The van der Waals surface area contributed by atoms with Crippen LogP contribution in [0.4, 0.5) is 0 Å². The molecule has 0 aliphatic carbocycles. The van der Waals surface area contributed by atoms with Gasteiger partial charge in [-0.1, -0.05) is 36.9 Å². The molecule has 3 nitrogen and oxygen atoms in total. The minimum atomic E-state index is 0.694. The highest BCUT2D eigenvalue weighted by atomic mass is 32.2. The van der Waals surface area contributed by atoms with Crippen molar-refractivity contribution < 1.29 is 0 Å². The number of aryl methyl sites for hydroxylation is 1. The monoisotopic (exact) mass is 293 g/mol. The zero-order chi connectivity index (χ0) is 14.7. The normalized spacial score (nSPS) is 10.7. The molecule has 3 rings (SSSR count). The van der Waals surface area contributed by atoms with Gasteiger partial charge in [0.25, 0.3) is 0 Å². The van der Waals surface area contributed by atoms with E-state index < -0.39 is 0 Å². The van der Waals surface area contributed by atoms with E-state index in [0.29, 0.717) is 5.56 Å². The Morgan fingerprint density at radius 3 is 2.62 bits per heavy atom. The Labute approximate surface area is 128 Å². The summed E-state index contributed by atoms with van der Waals surface area (Å²) in [5.41, 5.74) is 5.30. The lowest BCUT2D eigenvalue weighted by atomic mass is 10.1. The minimum absolute atomic E-state index is 0.694. The highest BCUT2D eigenvalue weighted by Crippen LogP contribution is 2.24. The molecular weight excluding hydrogens is 278 g/mol. The molecule has 21 heavy (non-hydrogen) atoms. The number of fused-ring (bicyclic) bond motifs is 1. The summed E-state index contributed by atoms with van der Waals surface area (Å²) >= 11 is 1.68. The van der Waals surface area contributed by atoms with Crippen LogP contribution >= 0.6 is 11.8 Å². The van der Waals surface area contributed by atoms with E-state index in [9.17, 15) is 0 Å². The predicted molar refractivity (Wildman–Crippen MR) is 86.2 cm³/mol. The fourth-order valence-corrected chi connectivity index (χ4v) is 2.99. The van der Waals surface area contributed by atoms with Crippen LogP contribution in [0.5, 0.6) is 0 Å². The van der Waals surface area contributed by atoms with Crippen LogP contribution < -0.4 is 0 Å². The smallest absolute Gasteiger partial charge is 0.166 e. The minimum Gasteiger partial charge on any atom is -0.333 e. The first-order valence-corrected chi connectivity index (χ1v) is 7.87. The van der Waals surface area contributed by atoms with Gasteiger partial charge in [0.15, 0.2) is 5.16 Å². The van der Waals surface area contributed by atoms with Gasteiger partial charge in [-0.15, -0.1) is 0 Å². The van der Waals surface area contributed by atoms with E-state index in [-0.39, 0.29) is 0 Å². The molecule has 104 valence electrons. The number of H-pyrrole nitrogens is 1. The number of hydrogen-bond donors (Lipinski definition) is 1. The van der Waals surface area contributed by atoms with Crippen LogP contribution in [0.2, 0.25) is 0 Å². The second-order valence-electron chi connectivity index (χ2n) is 4.84. The maximum Gasteiger partial charge on any atom is 0.166 e. The van der Waals surface area contributed by atoms with Gasteiger partial charge in [-0.2, -0.15) is 5.26 Å². The first-order valence-electron chi connectivity index (χ1n) is 6.89. The lowest BCUT2D eigenvalue weighted by Gasteiger charge is -1.98. The molecule has 0 saturated carbocycles. The number of nitrogens with one attached hydrogen (secondary N) is 1. The van der Waals surface area contributed by atoms with Crippen LogP contribution in [0.15, 0.2) is 47.6 Å². The highest BCUT2D eigenvalue weighted by molar-refractivity contribution is 7.98. The van der Waals surface area contributed by atoms with Crippen LogP contribution in [0.1, 0.15) is 23.6 Å².